The Hall–Kier alpha value is -7.23. The first-order chi connectivity index (χ1) is 29.9. The zero-order valence-corrected chi connectivity index (χ0v) is 34.5. The van der Waals surface area contributed by atoms with Crippen LogP contribution in [0, 0.1) is 5.92 Å². The van der Waals surface area contributed by atoms with E-state index in [0.29, 0.717) is 11.6 Å². The quantitative estimate of drug-likeness (QED) is 0.175. The molecule has 1 aromatic heterocycles. The topological polar surface area (TPSA) is 38.7 Å². The van der Waals surface area contributed by atoms with Gasteiger partial charge in [-0.1, -0.05) is 196 Å². The van der Waals surface area contributed by atoms with E-state index in [4.69, 9.17) is 15.0 Å². The molecule has 3 aliphatic carbocycles. The predicted octanol–water partition coefficient (Wildman–Crippen LogP) is 14.0. The van der Waals surface area contributed by atoms with E-state index < -0.39 is 5.41 Å². The van der Waals surface area contributed by atoms with Gasteiger partial charge in [-0.2, -0.15) is 0 Å². The Morgan fingerprint density at radius 3 is 1.79 bits per heavy atom. The van der Waals surface area contributed by atoms with Crippen LogP contribution in [-0.4, -0.2) is 15.0 Å². The average Bonchev–Trinajstić information content (AvgIpc) is 3.73. The van der Waals surface area contributed by atoms with Crippen LogP contribution in [0.4, 0.5) is 0 Å². The molecule has 0 fully saturated rings. The largest absolute Gasteiger partial charge is 0.209 e. The minimum absolute atomic E-state index is 0.0685. The normalized spacial score (nSPS) is 16.8. The molecule has 0 saturated heterocycles. The van der Waals surface area contributed by atoms with Gasteiger partial charge >= 0.3 is 0 Å². The van der Waals surface area contributed by atoms with Crippen LogP contribution in [0.5, 0.6) is 0 Å². The van der Waals surface area contributed by atoms with Crippen molar-refractivity contribution in [3.63, 3.8) is 0 Å². The van der Waals surface area contributed by atoms with Crippen LogP contribution < -0.4 is 0 Å². The van der Waals surface area contributed by atoms with Crippen LogP contribution in [0.3, 0.4) is 0 Å². The number of nitrogens with zero attached hydrogens (tertiary/aromatic N) is 3. The van der Waals surface area contributed by atoms with E-state index in [1.807, 2.05) is 0 Å². The Morgan fingerprint density at radius 2 is 1.03 bits per heavy atom. The first-order valence-corrected chi connectivity index (χ1v) is 21.5. The van der Waals surface area contributed by atoms with Gasteiger partial charge in [0.25, 0.3) is 0 Å². The molecule has 290 valence electrons. The number of hydrogen-bond donors (Lipinski definition) is 0. The zero-order chi connectivity index (χ0) is 40.9. The van der Waals surface area contributed by atoms with Gasteiger partial charge in [0.15, 0.2) is 17.5 Å². The Balaban J connectivity index is 1.08. The second-order valence-electron chi connectivity index (χ2n) is 17.6. The maximum Gasteiger partial charge on any atom is 0.164 e. The molecule has 3 aliphatic rings. The predicted molar refractivity (Wildman–Crippen MR) is 251 cm³/mol. The molecule has 0 radical (unpaired) electrons. The molecular formula is C58H43N3. The Bertz CT molecular complexity index is 3280. The van der Waals surface area contributed by atoms with Crippen LogP contribution in [0.15, 0.2) is 194 Å². The lowest BCUT2D eigenvalue weighted by Gasteiger charge is -2.33. The van der Waals surface area contributed by atoms with Crippen molar-refractivity contribution in [2.75, 3.05) is 0 Å². The molecule has 1 heterocycles. The summed E-state index contributed by atoms with van der Waals surface area (Å²) >= 11 is 0. The maximum absolute atomic E-state index is 5.46. The molecule has 1 unspecified atom stereocenters. The molecular weight excluding hydrogens is 739 g/mol. The first kappa shape index (κ1) is 35.7. The highest BCUT2D eigenvalue weighted by Gasteiger charge is 2.46. The fourth-order valence-electron chi connectivity index (χ4n) is 10.9. The third-order valence-corrected chi connectivity index (χ3v) is 13.9. The van der Waals surface area contributed by atoms with E-state index in [2.05, 4.69) is 209 Å². The highest BCUT2D eigenvalue weighted by Crippen LogP contribution is 2.57. The fraction of sp³-hybridized carbons (Fsp3) is 0.121. The highest BCUT2D eigenvalue weighted by atomic mass is 15.0. The van der Waals surface area contributed by atoms with Crippen molar-refractivity contribution in [1.29, 1.82) is 0 Å². The molecule has 9 aromatic rings. The van der Waals surface area contributed by atoms with Crippen molar-refractivity contribution in [3.05, 3.63) is 233 Å². The van der Waals surface area contributed by atoms with Crippen molar-refractivity contribution < 1.29 is 0 Å². The molecule has 0 spiro atoms. The van der Waals surface area contributed by atoms with Gasteiger partial charge in [0.1, 0.15) is 0 Å². The van der Waals surface area contributed by atoms with Crippen molar-refractivity contribution in [2.24, 2.45) is 5.92 Å². The summed E-state index contributed by atoms with van der Waals surface area (Å²) < 4.78 is 0. The lowest BCUT2D eigenvalue weighted by atomic mass is 9.67. The lowest BCUT2D eigenvalue weighted by molar-refractivity contribution is 0.570. The fourth-order valence-corrected chi connectivity index (χ4v) is 10.9. The van der Waals surface area contributed by atoms with Crippen LogP contribution in [-0.2, 0) is 10.8 Å². The van der Waals surface area contributed by atoms with Gasteiger partial charge in [-0.3, -0.25) is 0 Å². The Morgan fingerprint density at radius 1 is 0.475 bits per heavy atom. The molecule has 0 N–H and O–H groups in total. The van der Waals surface area contributed by atoms with Gasteiger partial charge in [-0.15, -0.1) is 0 Å². The van der Waals surface area contributed by atoms with Crippen molar-refractivity contribution in [3.8, 4) is 33.9 Å². The summed E-state index contributed by atoms with van der Waals surface area (Å²) in [6.07, 6.45) is 3.36. The molecule has 1 atom stereocenters. The summed E-state index contributed by atoms with van der Waals surface area (Å²) in [5.41, 5.74) is 15.6. The van der Waals surface area contributed by atoms with E-state index in [-0.39, 0.29) is 11.3 Å². The summed E-state index contributed by atoms with van der Waals surface area (Å²) in [4.78, 5) is 16.2. The van der Waals surface area contributed by atoms with Gasteiger partial charge in [-0.25, -0.2) is 15.0 Å². The van der Waals surface area contributed by atoms with Gasteiger partial charge in [0.05, 0.1) is 5.41 Å². The summed E-state index contributed by atoms with van der Waals surface area (Å²) in [5.74, 6) is 2.31. The lowest BCUT2D eigenvalue weighted by Crippen LogP contribution is -2.28. The summed E-state index contributed by atoms with van der Waals surface area (Å²) in [7, 11) is 0. The van der Waals surface area contributed by atoms with E-state index in [0.717, 1.165) is 34.3 Å². The molecule has 3 heteroatoms. The van der Waals surface area contributed by atoms with Crippen molar-refractivity contribution >= 4 is 32.7 Å². The average molecular weight is 782 g/mol. The molecule has 0 saturated carbocycles. The summed E-state index contributed by atoms with van der Waals surface area (Å²) in [6.45, 7) is 7.12. The van der Waals surface area contributed by atoms with E-state index in [1.165, 1.54) is 71.8 Å². The number of benzene rings is 8. The van der Waals surface area contributed by atoms with Crippen LogP contribution in [0.1, 0.15) is 66.4 Å². The van der Waals surface area contributed by atoms with Crippen molar-refractivity contribution in [2.45, 2.75) is 38.0 Å². The molecule has 0 aliphatic heterocycles. The van der Waals surface area contributed by atoms with E-state index >= 15 is 0 Å². The van der Waals surface area contributed by atoms with Crippen molar-refractivity contribution in [1.82, 2.24) is 15.0 Å². The van der Waals surface area contributed by atoms with E-state index in [1.54, 1.807) is 0 Å². The Labute approximate surface area is 356 Å². The second-order valence-corrected chi connectivity index (χ2v) is 17.6. The first-order valence-electron chi connectivity index (χ1n) is 21.5. The third kappa shape index (κ3) is 5.26. The number of aromatic nitrogens is 3. The number of fused-ring (bicyclic) bond motifs is 8. The maximum atomic E-state index is 5.46. The molecule has 8 aromatic carbocycles. The molecule has 61 heavy (non-hydrogen) atoms. The van der Waals surface area contributed by atoms with Crippen LogP contribution >= 0.6 is 0 Å². The second kappa shape index (κ2) is 13.4. The van der Waals surface area contributed by atoms with Gasteiger partial charge in [0.2, 0.25) is 0 Å². The summed E-state index contributed by atoms with van der Waals surface area (Å²) in [6, 6.07) is 66.2. The minimum Gasteiger partial charge on any atom is -0.209 e. The monoisotopic (exact) mass is 781 g/mol. The summed E-state index contributed by atoms with van der Waals surface area (Å²) in [5, 5.41) is 4.92. The molecule has 0 amide bonds. The van der Waals surface area contributed by atoms with E-state index in [9.17, 15) is 0 Å². The highest BCUT2D eigenvalue weighted by molar-refractivity contribution is 6.04. The number of rotatable bonds is 5. The van der Waals surface area contributed by atoms with Gasteiger partial charge in [-0.05, 0) is 102 Å². The molecule has 3 nitrogen and oxygen atoms in total. The number of allylic oxidation sites excluding steroid dienone is 4. The SMILES string of the molecule is CC1CC2=C(C=C1c1nc(-c3ccc4c(c3)-c3ccccc3C4(c3ccccc3)c3ccccc3)nc(-c3ccc4ccccc4c3)n1)c1c(ccc3ccccc13)C2(C)C. The van der Waals surface area contributed by atoms with Crippen LogP contribution in [0.25, 0.3) is 66.6 Å². The number of hydrogen-bond acceptors (Lipinski definition) is 3. The van der Waals surface area contributed by atoms with Gasteiger partial charge in [0, 0.05) is 22.1 Å². The van der Waals surface area contributed by atoms with Gasteiger partial charge < -0.3 is 0 Å². The standard InChI is InChI=1S/C58H43N3/c1-36-32-52-48(53-44-23-13-12-17-38(44)28-31-51(53)57(52,2)3)35-46(36)56-60-54(40-27-26-37-16-10-11-18-39(37)33-40)59-55(61-56)41-29-30-50-47(34-41)45-24-14-15-25-49(45)58(50,42-19-6-4-7-20-42)43-21-8-5-9-22-43/h4-31,33-36H,32H2,1-3H3. The zero-order valence-electron chi connectivity index (χ0n) is 34.5. The molecule has 0 bridgehead atoms. The molecule has 12 rings (SSSR count). The third-order valence-electron chi connectivity index (χ3n) is 13.9. The van der Waals surface area contributed by atoms with Crippen LogP contribution in [0.2, 0.25) is 0 Å². The Kier molecular flexibility index (Phi) is 7.84. The minimum atomic E-state index is -0.475. The smallest absolute Gasteiger partial charge is 0.164 e.